The second-order valence-electron chi connectivity index (χ2n) is 5.69. The molecule has 128 valence electrons. The van der Waals surface area contributed by atoms with Gasteiger partial charge in [0.15, 0.2) is 0 Å². The van der Waals surface area contributed by atoms with E-state index < -0.39 is 23.9 Å². The number of pyridine rings is 1. The van der Waals surface area contributed by atoms with Gasteiger partial charge in [-0.3, -0.25) is 9.78 Å². The molecule has 3 atom stereocenters. The first-order chi connectivity index (χ1) is 11.5. The number of alkyl halides is 1. The minimum Gasteiger partial charge on any atom is -0.469 e. The van der Waals surface area contributed by atoms with Gasteiger partial charge in [-0.15, -0.1) is 11.3 Å². The standard InChI is InChI=1S/C16H15BrF2N2O2S/c1-23-16(22)11-6-8(18)2-4-10(11)13-14(17)24-15(21-13)12-5-3-9(19)7-20-12/h3,5,7-8,10-11H,2,4,6H2,1H3/t8-,10+,11+/m0/s1. The molecule has 1 aliphatic rings. The van der Waals surface area contributed by atoms with Gasteiger partial charge in [0, 0.05) is 5.92 Å². The van der Waals surface area contributed by atoms with E-state index >= 15 is 0 Å². The molecule has 0 radical (unpaired) electrons. The van der Waals surface area contributed by atoms with Gasteiger partial charge in [-0.05, 0) is 47.3 Å². The van der Waals surface area contributed by atoms with Crippen molar-refractivity contribution in [2.24, 2.45) is 5.92 Å². The van der Waals surface area contributed by atoms with E-state index in [0.717, 1.165) is 9.98 Å². The molecule has 0 spiro atoms. The van der Waals surface area contributed by atoms with Crippen molar-refractivity contribution in [1.82, 2.24) is 9.97 Å². The Kier molecular flexibility index (Phi) is 5.24. The van der Waals surface area contributed by atoms with Crippen molar-refractivity contribution in [2.75, 3.05) is 7.11 Å². The molecular formula is C16H15BrF2N2O2S. The molecule has 2 heterocycles. The van der Waals surface area contributed by atoms with Crippen LogP contribution in [0.15, 0.2) is 22.1 Å². The monoisotopic (exact) mass is 416 g/mol. The second kappa shape index (κ2) is 7.23. The van der Waals surface area contributed by atoms with Crippen LogP contribution in [0, 0.1) is 11.7 Å². The number of methoxy groups -OCH3 is 1. The predicted octanol–water partition coefficient (Wildman–Crippen LogP) is 4.50. The third-order valence-electron chi connectivity index (χ3n) is 4.20. The summed E-state index contributed by atoms with van der Waals surface area (Å²) in [4.78, 5) is 20.7. The topological polar surface area (TPSA) is 52.1 Å². The van der Waals surface area contributed by atoms with E-state index in [2.05, 4.69) is 25.9 Å². The first-order valence-electron chi connectivity index (χ1n) is 7.49. The van der Waals surface area contributed by atoms with Crippen molar-refractivity contribution in [2.45, 2.75) is 31.4 Å². The van der Waals surface area contributed by atoms with Crippen LogP contribution in [0.3, 0.4) is 0 Å². The molecule has 0 aromatic carbocycles. The smallest absolute Gasteiger partial charge is 0.309 e. The average Bonchev–Trinajstić information content (AvgIpc) is 2.96. The molecule has 1 saturated carbocycles. The van der Waals surface area contributed by atoms with Gasteiger partial charge in [-0.1, -0.05) is 0 Å². The quantitative estimate of drug-likeness (QED) is 0.691. The van der Waals surface area contributed by atoms with Crippen molar-refractivity contribution in [1.29, 1.82) is 0 Å². The molecule has 0 aliphatic heterocycles. The van der Waals surface area contributed by atoms with Crippen LogP contribution in [-0.2, 0) is 9.53 Å². The lowest BCUT2D eigenvalue weighted by Gasteiger charge is -2.30. The third kappa shape index (κ3) is 3.49. The number of nitrogens with zero attached hydrogens (tertiary/aromatic N) is 2. The Morgan fingerprint density at radius 1 is 1.42 bits per heavy atom. The summed E-state index contributed by atoms with van der Waals surface area (Å²) in [5.41, 5.74) is 1.27. The number of carbonyl (C=O) groups excluding carboxylic acids is 1. The van der Waals surface area contributed by atoms with Gasteiger partial charge in [0.1, 0.15) is 17.0 Å². The third-order valence-corrected chi connectivity index (χ3v) is 5.97. The number of carbonyl (C=O) groups is 1. The Morgan fingerprint density at radius 2 is 2.21 bits per heavy atom. The zero-order chi connectivity index (χ0) is 17.3. The molecular weight excluding hydrogens is 402 g/mol. The van der Waals surface area contributed by atoms with E-state index in [4.69, 9.17) is 4.74 Å². The lowest BCUT2D eigenvalue weighted by molar-refractivity contribution is -0.148. The molecule has 2 aromatic heterocycles. The van der Waals surface area contributed by atoms with Crippen LogP contribution in [0.25, 0.3) is 10.7 Å². The fraction of sp³-hybridized carbons (Fsp3) is 0.438. The summed E-state index contributed by atoms with van der Waals surface area (Å²) in [6.07, 6.45) is 1.20. The second-order valence-corrected chi connectivity index (χ2v) is 8.00. The highest BCUT2D eigenvalue weighted by molar-refractivity contribution is 9.11. The van der Waals surface area contributed by atoms with Gasteiger partial charge in [0.2, 0.25) is 0 Å². The number of halogens is 3. The molecule has 0 saturated heterocycles. The summed E-state index contributed by atoms with van der Waals surface area (Å²) >= 11 is 4.85. The van der Waals surface area contributed by atoms with Gasteiger partial charge in [0.05, 0.1) is 34.4 Å². The summed E-state index contributed by atoms with van der Waals surface area (Å²) in [6.45, 7) is 0. The zero-order valence-corrected chi connectivity index (χ0v) is 15.2. The summed E-state index contributed by atoms with van der Waals surface area (Å²) in [5.74, 6) is -1.58. The number of aromatic nitrogens is 2. The fourth-order valence-electron chi connectivity index (χ4n) is 3.01. The van der Waals surface area contributed by atoms with E-state index in [9.17, 15) is 13.6 Å². The highest BCUT2D eigenvalue weighted by Gasteiger charge is 2.39. The number of esters is 1. The van der Waals surface area contributed by atoms with Crippen LogP contribution in [-0.4, -0.2) is 29.2 Å². The maximum Gasteiger partial charge on any atom is 0.309 e. The Balaban J connectivity index is 1.93. The largest absolute Gasteiger partial charge is 0.469 e. The van der Waals surface area contributed by atoms with Crippen LogP contribution >= 0.6 is 27.3 Å². The highest BCUT2D eigenvalue weighted by atomic mass is 79.9. The van der Waals surface area contributed by atoms with E-state index in [-0.39, 0.29) is 12.3 Å². The zero-order valence-electron chi connectivity index (χ0n) is 12.8. The summed E-state index contributed by atoms with van der Waals surface area (Å²) in [7, 11) is 1.31. The minimum atomic E-state index is -0.999. The number of ether oxygens (including phenoxy) is 1. The SMILES string of the molecule is COC(=O)[C@@H]1C[C@@H](F)CC[C@H]1c1nc(-c2ccc(F)cn2)sc1Br. The maximum absolute atomic E-state index is 13.7. The fourth-order valence-corrected chi connectivity index (χ4v) is 4.70. The molecule has 0 bridgehead atoms. The molecule has 4 nitrogen and oxygen atoms in total. The minimum absolute atomic E-state index is 0.144. The number of thiazole rings is 1. The Bertz CT molecular complexity index is 738. The summed E-state index contributed by atoms with van der Waals surface area (Å²) < 4.78 is 32.4. The highest BCUT2D eigenvalue weighted by Crippen LogP contribution is 2.44. The Hall–Kier alpha value is -1.41. The molecule has 3 rings (SSSR count). The summed E-state index contributed by atoms with van der Waals surface area (Å²) in [5, 5.41) is 0.628. The molecule has 24 heavy (non-hydrogen) atoms. The van der Waals surface area contributed by atoms with Gasteiger partial charge < -0.3 is 4.74 Å². The lowest BCUT2D eigenvalue weighted by Crippen LogP contribution is -2.31. The molecule has 0 N–H and O–H groups in total. The van der Waals surface area contributed by atoms with Crippen molar-refractivity contribution in [3.63, 3.8) is 0 Å². The molecule has 1 fully saturated rings. The lowest BCUT2D eigenvalue weighted by atomic mass is 9.77. The van der Waals surface area contributed by atoms with Gasteiger partial charge >= 0.3 is 5.97 Å². The molecule has 0 amide bonds. The predicted molar refractivity (Wildman–Crippen MR) is 90.0 cm³/mol. The normalized spacial score (nSPS) is 23.9. The Morgan fingerprint density at radius 3 is 2.88 bits per heavy atom. The Labute approximate surface area is 150 Å². The molecule has 8 heteroatoms. The maximum atomic E-state index is 13.7. The van der Waals surface area contributed by atoms with Crippen molar-refractivity contribution in [3.05, 3.63) is 33.6 Å². The van der Waals surface area contributed by atoms with E-state index in [1.807, 2.05) is 0 Å². The van der Waals surface area contributed by atoms with Gasteiger partial charge in [0.25, 0.3) is 0 Å². The van der Waals surface area contributed by atoms with Crippen molar-refractivity contribution in [3.8, 4) is 10.7 Å². The summed E-state index contributed by atoms with van der Waals surface area (Å²) in [6, 6.07) is 2.88. The van der Waals surface area contributed by atoms with Crippen LogP contribution < -0.4 is 0 Å². The van der Waals surface area contributed by atoms with Gasteiger partial charge in [-0.2, -0.15) is 0 Å². The van der Waals surface area contributed by atoms with Crippen molar-refractivity contribution >= 4 is 33.2 Å². The number of hydrogen-bond donors (Lipinski definition) is 0. The van der Waals surface area contributed by atoms with Crippen LogP contribution in [0.2, 0.25) is 0 Å². The van der Waals surface area contributed by atoms with Crippen LogP contribution in [0.1, 0.15) is 30.9 Å². The van der Waals surface area contributed by atoms with Crippen molar-refractivity contribution < 1.29 is 18.3 Å². The first-order valence-corrected chi connectivity index (χ1v) is 9.10. The average molecular weight is 417 g/mol. The van der Waals surface area contributed by atoms with E-state index in [1.54, 1.807) is 6.07 Å². The molecule has 0 unspecified atom stereocenters. The first kappa shape index (κ1) is 17.4. The number of hydrogen-bond acceptors (Lipinski definition) is 5. The number of rotatable bonds is 3. The van der Waals surface area contributed by atoms with E-state index in [0.29, 0.717) is 29.2 Å². The van der Waals surface area contributed by atoms with E-state index in [1.165, 1.54) is 24.5 Å². The van der Waals surface area contributed by atoms with Crippen LogP contribution in [0.4, 0.5) is 8.78 Å². The molecule has 1 aliphatic carbocycles. The molecule has 2 aromatic rings. The van der Waals surface area contributed by atoms with Crippen LogP contribution in [0.5, 0.6) is 0 Å². The van der Waals surface area contributed by atoms with Gasteiger partial charge in [-0.25, -0.2) is 13.8 Å².